The molecule has 0 aliphatic carbocycles. The van der Waals surface area contributed by atoms with Gasteiger partial charge in [-0.15, -0.1) is 13.2 Å². The molecule has 17 heavy (non-hydrogen) atoms. The van der Waals surface area contributed by atoms with Crippen LogP contribution in [0.2, 0.25) is 0 Å². The summed E-state index contributed by atoms with van der Waals surface area (Å²) in [6.07, 6.45) is -5.20. The van der Waals surface area contributed by atoms with Gasteiger partial charge in [0.1, 0.15) is 5.82 Å². The summed E-state index contributed by atoms with van der Waals surface area (Å²) in [5.74, 6) is -2.84. The number of nitrogen functional groups attached to an aromatic ring is 1. The molecule has 0 saturated carbocycles. The summed E-state index contributed by atoms with van der Waals surface area (Å²) in [6.45, 7) is 0. The molecular weight excluding hydrogens is 290 g/mol. The SMILES string of the molecule is Nc1cc(F)c(S(=O)(=O)Cl)c(OC(F)(F)F)c1. The van der Waals surface area contributed by atoms with Crippen molar-refractivity contribution in [1.29, 1.82) is 0 Å². The van der Waals surface area contributed by atoms with Gasteiger partial charge in [-0.2, -0.15) is 0 Å². The summed E-state index contributed by atoms with van der Waals surface area (Å²) in [7, 11) is 0.0576. The van der Waals surface area contributed by atoms with E-state index in [2.05, 4.69) is 4.74 Å². The van der Waals surface area contributed by atoms with E-state index in [4.69, 9.17) is 16.4 Å². The largest absolute Gasteiger partial charge is 0.573 e. The molecule has 0 aliphatic rings. The molecule has 96 valence electrons. The minimum atomic E-state index is -5.20. The molecular formula is C7H4ClF4NO3S. The van der Waals surface area contributed by atoms with Crippen LogP contribution in [-0.4, -0.2) is 14.8 Å². The van der Waals surface area contributed by atoms with Gasteiger partial charge in [-0.25, -0.2) is 12.8 Å². The zero-order valence-corrected chi connectivity index (χ0v) is 9.33. The smallest absolute Gasteiger partial charge is 0.404 e. The van der Waals surface area contributed by atoms with Crippen LogP contribution in [0.3, 0.4) is 0 Å². The summed E-state index contributed by atoms with van der Waals surface area (Å²) < 4.78 is 74.2. The number of benzene rings is 1. The molecule has 1 aromatic carbocycles. The van der Waals surface area contributed by atoms with Crippen LogP contribution in [-0.2, 0) is 9.05 Å². The fraction of sp³-hybridized carbons (Fsp3) is 0.143. The van der Waals surface area contributed by atoms with Gasteiger partial charge in [-0.05, 0) is 6.07 Å². The Bertz CT molecular complexity index is 543. The van der Waals surface area contributed by atoms with Crippen LogP contribution in [0, 0.1) is 5.82 Å². The van der Waals surface area contributed by atoms with E-state index in [0.29, 0.717) is 12.1 Å². The van der Waals surface area contributed by atoms with Crippen LogP contribution in [0.15, 0.2) is 17.0 Å². The predicted octanol–water partition coefficient (Wildman–Crippen LogP) is 2.23. The van der Waals surface area contributed by atoms with Crippen LogP contribution < -0.4 is 10.5 Å². The molecule has 4 nitrogen and oxygen atoms in total. The summed E-state index contributed by atoms with van der Waals surface area (Å²) in [6, 6.07) is 1.02. The summed E-state index contributed by atoms with van der Waals surface area (Å²) in [4.78, 5) is -1.41. The number of rotatable bonds is 2. The van der Waals surface area contributed by atoms with Crippen molar-refractivity contribution in [2.45, 2.75) is 11.3 Å². The monoisotopic (exact) mass is 293 g/mol. The number of halogens is 5. The Hall–Kier alpha value is -1.22. The molecule has 0 atom stereocenters. The molecule has 0 spiro atoms. The highest BCUT2D eigenvalue weighted by Crippen LogP contribution is 2.35. The number of nitrogens with two attached hydrogens (primary N) is 1. The quantitative estimate of drug-likeness (QED) is 0.516. The molecule has 0 radical (unpaired) electrons. The zero-order valence-electron chi connectivity index (χ0n) is 7.75. The van der Waals surface area contributed by atoms with Gasteiger partial charge in [-0.1, -0.05) is 0 Å². The molecule has 1 rings (SSSR count). The Labute approximate surface area is 97.3 Å². The highest BCUT2D eigenvalue weighted by molar-refractivity contribution is 8.13. The molecule has 1 aromatic rings. The van der Waals surface area contributed by atoms with Gasteiger partial charge in [0.25, 0.3) is 9.05 Å². The van der Waals surface area contributed by atoms with E-state index in [1.807, 2.05) is 0 Å². The van der Waals surface area contributed by atoms with Gasteiger partial charge in [-0.3, -0.25) is 0 Å². The van der Waals surface area contributed by atoms with Crippen molar-refractivity contribution in [3.05, 3.63) is 17.9 Å². The minimum absolute atomic E-state index is 0.439. The summed E-state index contributed by atoms with van der Waals surface area (Å²) >= 11 is 0. The molecule has 0 fully saturated rings. The zero-order chi connectivity index (χ0) is 13.4. The van der Waals surface area contributed by atoms with Gasteiger partial charge >= 0.3 is 6.36 Å². The number of anilines is 1. The Kier molecular flexibility index (Phi) is 3.44. The standard InChI is InChI=1S/C7H4ClF4NO3S/c8-17(14,15)6-4(9)1-3(13)2-5(6)16-7(10,11)12/h1-2H,13H2. The molecule has 0 heterocycles. The Balaban J connectivity index is 3.47. The molecule has 0 unspecified atom stereocenters. The highest BCUT2D eigenvalue weighted by atomic mass is 35.7. The van der Waals surface area contributed by atoms with Crippen molar-refractivity contribution in [3.8, 4) is 5.75 Å². The van der Waals surface area contributed by atoms with E-state index in [1.54, 1.807) is 0 Å². The first-order valence-corrected chi connectivity index (χ1v) is 6.11. The maximum absolute atomic E-state index is 13.2. The highest BCUT2D eigenvalue weighted by Gasteiger charge is 2.35. The van der Waals surface area contributed by atoms with E-state index in [-0.39, 0.29) is 0 Å². The third kappa shape index (κ3) is 3.63. The first kappa shape index (κ1) is 13.8. The molecule has 0 aliphatic heterocycles. The lowest BCUT2D eigenvalue weighted by molar-refractivity contribution is -0.275. The molecule has 10 heteroatoms. The summed E-state index contributed by atoms with van der Waals surface area (Å²) in [5, 5.41) is 0. The van der Waals surface area contributed by atoms with Crippen LogP contribution in [0.4, 0.5) is 23.2 Å². The first-order chi connectivity index (χ1) is 7.50. The van der Waals surface area contributed by atoms with E-state index in [1.165, 1.54) is 0 Å². The molecule has 0 amide bonds. The second-order valence-electron chi connectivity index (χ2n) is 2.82. The fourth-order valence-electron chi connectivity index (χ4n) is 1.03. The number of ether oxygens (including phenoxy) is 1. The van der Waals surface area contributed by atoms with E-state index >= 15 is 0 Å². The van der Waals surface area contributed by atoms with Gasteiger partial charge in [0, 0.05) is 22.4 Å². The Morgan fingerprint density at radius 3 is 2.24 bits per heavy atom. The lowest BCUT2D eigenvalue weighted by Crippen LogP contribution is -2.19. The van der Waals surface area contributed by atoms with Crippen molar-refractivity contribution in [2.75, 3.05) is 5.73 Å². The topological polar surface area (TPSA) is 69.4 Å². The van der Waals surface area contributed by atoms with Gasteiger partial charge in [0.2, 0.25) is 0 Å². The average molecular weight is 294 g/mol. The van der Waals surface area contributed by atoms with Crippen LogP contribution in [0.25, 0.3) is 0 Å². The average Bonchev–Trinajstić information content (AvgIpc) is 1.94. The number of alkyl halides is 3. The van der Waals surface area contributed by atoms with Crippen LogP contribution in [0.5, 0.6) is 5.75 Å². The number of hydrogen-bond acceptors (Lipinski definition) is 4. The van der Waals surface area contributed by atoms with Crippen molar-refractivity contribution in [1.82, 2.24) is 0 Å². The van der Waals surface area contributed by atoms with Crippen molar-refractivity contribution in [2.24, 2.45) is 0 Å². The fourth-order valence-corrected chi connectivity index (χ4v) is 2.11. The lowest BCUT2D eigenvalue weighted by Gasteiger charge is -2.12. The Morgan fingerprint density at radius 2 is 1.82 bits per heavy atom. The van der Waals surface area contributed by atoms with E-state index < -0.39 is 37.6 Å². The normalized spacial score (nSPS) is 12.5. The predicted molar refractivity (Wildman–Crippen MR) is 50.5 cm³/mol. The first-order valence-electron chi connectivity index (χ1n) is 3.80. The van der Waals surface area contributed by atoms with E-state index in [9.17, 15) is 26.0 Å². The van der Waals surface area contributed by atoms with Crippen LogP contribution >= 0.6 is 10.7 Å². The van der Waals surface area contributed by atoms with Crippen molar-refractivity contribution >= 4 is 25.4 Å². The third-order valence-corrected chi connectivity index (χ3v) is 2.85. The maximum Gasteiger partial charge on any atom is 0.573 e. The molecule has 0 saturated heterocycles. The molecule has 2 N–H and O–H groups in total. The summed E-state index contributed by atoms with van der Waals surface area (Å²) in [5.41, 5.74) is 4.63. The minimum Gasteiger partial charge on any atom is -0.404 e. The van der Waals surface area contributed by atoms with Crippen molar-refractivity contribution in [3.63, 3.8) is 0 Å². The van der Waals surface area contributed by atoms with Gasteiger partial charge < -0.3 is 10.5 Å². The van der Waals surface area contributed by atoms with Crippen LogP contribution in [0.1, 0.15) is 0 Å². The third-order valence-electron chi connectivity index (χ3n) is 1.50. The molecule has 0 bridgehead atoms. The second-order valence-corrected chi connectivity index (χ2v) is 5.32. The van der Waals surface area contributed by atoms with Gasteiger partial charge in [0.05, 0.1) is 0 Å². The van der Waals surface area contributed by atoms with E-state index in [0.717, 1.165) is 0 Å². The second kappa shape index (κ2) is 4.22. The molecule has 0 aromatic heterocycles. The maximum atomic E-state index is 13.2. The Morgan fingerprint density at radius 1 is 1.29 bits per heavy atom. The van der Waals surface area contributed by atoms with Crippen molar-refractivity contribution < 1.29 is 30.7 Å². The number of hydrogen-bond donors (Lipinski definition) is 1. The van der Waals surface area contributed by atoms with Gasteiger partial charge in [0.15, 0.2) is 10.6 Å². The lowest BCUT2D eigenvalue weighted by atomic mass is 10.3.